The van der Waals surface area contributed by atoms with Gasteiger partial charge in [0.1, 0.15) is 12.4 Å². The fraction of sp³-hybridized carbons (Fsp3) is 0.235. The van der Waals surface area contributed by atoms with E-state index in [1.807, 2.05) is 30.3 Å². The van der Waals surface area contributed by atoms with Gasteiger partial charge in [0.25, 0.3) is 0 Å². The molecule has 1 N–H and O–H groups in total. The Labute approximate surface area is 134 Å². The first-order valence-corrected chi connectivity index (χ1v) is 7.27. The molecular formula is C17H17ClO4. The number of carboxylic acids is 1. The number of aliphatic carboxylic acids is 1. The van der Waals surface area contributed by atoms with Gasteiger partial charge in [0, 0.05) is 10.6 Å². The number of halogens is 1. The molecule has 0 unspecified atom stereocenters. The van der Waals surface area contributed by atoms with E-state index < -0.39 is 5.97 Å². The van der Waals surface area contributed by atoms with E-state index in [4.69, 9.17) is 26.2 Å². The fourth-order valence-corrected chi connectivity index (χ4v) is 2.11. The van der Waals surface area contributed by atoms with Gasteiger partial charge in [0.15, 0.2) is 0 Å². The summed E-state index contributed by atoms with van der Waals surface area (Å²) in [6.07, 6.45) is -0.0998. The average Bonchev–Trinajstić information content (AvgIpc) is 2.50. The summed E-state index contributed by atoms with van der Waals surface area (Å²) < 4.78 is 11.1. The molecule has 0 heterocycles. The van der Waals surface area contributed by atoms with E-state index in [1.165, 1.54) is 0 Å². The molecule has 0 aromatic heterocycles. The van der Waals surface area contributed by atoms with Crippen molar-refractivity contribution >= 4 is 17.6 Å². The van der Waals surface area contributed by atoms with E-state index in [1.54, 1.807) is 18.2 Å². The first-order chi connectivity index (χ1) is 10.6. The zero-order valence-corrected chi connectivity index (χ0v) is 12.8. The van der Waals surface area contributed by atoms with E-state index in [9.17, 15) is 4.79 Å². The number of hydrogen-bond acceptors (Lipinski definition) is 3. The van der Waals surface area contributed by atoms with Gasteiger partial charge in [-0.1, -0.05) is 48.0 Å². The molecule has 0 bridgehead atoms. The van der Waals surface area contributed by atoms with Crippen LogP contribution in [0.2, 0.25) is 5.02 Å². The van der Waals surface area contributed by atoms with Crippen LogP contribution in [-0.2, 0) is 22.6 Å². The monoisotopic (exact) mass is 320 g/mol. The second kappa shape index (κ2) is 8.41. The Morgan fingerprint density at radius 1 is 1.09 bits per heavy atom. The van der Waals surface area contributed by atoms with Crippen molar-refractivity contribution in [3.05, 3.63) is 64.7 Å². The van der Waals surface area contributed by atoms with Crippen LogP contribution in [-0.4, -0.2) is 24.3 Å². The van der Waals surface area contributed by atoms with Gasteiger partial charge in [-0.3, -0.25) is 4.79 Å². The molecule has 0 fully saturated rings. The van der Waals surface area contributed by atoms with Crippen LogP contribution in [0.1, 0.15) is 11.1 Å². The maximum absolute atomic E-state index is 10.8. The minimum atomic E-state index is -0.910. The second-order valence-corrected chi connectivity index (χ2v) is 5.15. The first kappa shape index (κ1) is 16.3. The summed E-state index contributed by atoms with van der Waals surface area (Å²) in [7, 11) is 0. The summed E-state index contributed by atoms with van der Waals surface area (Å²) in [6, 6.07) is 14.8. The maximum Gasteiger partial charge on any atom is 0.307 e. The summed E-state index contributed by atoms with van der Waals surface area (Å²) in [5, 5.41) is 9.39. The summed E-state index contributed by atoms with van der Waals surface area (Å²) in [5.41, 5.74) is 1.69. The molecule has 2 aromatic rings. The molecule has 22 heavy (non-hydrogen) atoms. The Kier molecular flexibility index (Phi) is 6.25. The Morgan fingerprint density at radius 3 is 2.59 bits per heavy atom. The molecule has 4 nitrogen and oxygen atoms in total. The lowest BCUT2D eigenvalue weighted by Crippen LogP contribution is -2.09. The average molecular weight is 321 g/mol. The quantitative estimate of drug-likeness (QED) is 0.756. The molecule has 5 heteroatoms. The highest BCUT2D eigenvalue weighted by molar-refractivity contribution is 6.30. The minimum absolute atomic E-state index is 0.0998. The normalized spacial score (nSPS) is 10.4. The number of carbonyl (C=O) groups is 1. The van der Waals surface area contributed by atoms with E-state index in [-0.39, 0.29) is 6.42 Å². The molecule has 116 valence electrons. The van der Waals surface area contributed by atoms with Crippen LogP contribution >= 0.6 is 11.6 Å². The molecule has 0 spiro atoms. The van der Waals surface area contributed by atoms with E-state index in [0.29, 0.717) is 36.2 Å². The Bertz CT molecular complexity index is 613. The summed E-state index contributed by atoms with van der Waals surface area (Å²) in [4.78, 5) is 10.8. The smallest absolute Gasteiger partial charge is 0.307 e. The number of benzene rings is 2. The van der Waals surface area contributed by atoms with Crippen molar-refractivity contribution in [3.8, 4) is 5.75 Å². The topological polar surface area (TPSA) is 55.8 Å². The third-order valence-electron chi connectivity index (χ3n) is 2.97. The summed E-state index contributed by atoms with van der Waals surface area (Å²) >= 11 is 5.91. The number of ether oxygens (including phenoxy) is 2. The van der Waals surface area contributed by atoms with Crippen molar-refractivity contribution < 1.29 is 19.4 Å². The first-order valence-electron chi connectivity index (χ1n) is 6.90. The number of rotatable bonds is 8. The van der Waals surface area contributed by atoms with Crippen LogP contribution in [0.25, 0.3) is 0 Å². The molecule has 0 aliphatic carbocycles. The van der Waals surface area contributed by atoms with Crippen LogP contribution in [0.15, 0.2) is 48.5 Å². The Balaban J connectivity index is 1.81. The molecular weight excluding hydrogens is 304 g/mol. The van der Waals surface area contributed by atoms with Crippen molar-refractivity contribution in [2.45, 2.75) is 13.0 Å². The molecule has 0 amide bonds. The predicted molar refractivity (Wildman–Crippen MR) is 84.4 cm³/mol. The molecule has 0 radical (unpaired) electrons. The van der Waals surface area contributed by atoms with Crippen molar-refractivity contribution in [3.63, 3.8) is 0 Å². The molecule has 0 saturated heterocycles. The van der Waals surface area contributed by atoms with Crippen molar-refractivity contribution in [2.24, 2.45) is 0 Å². The Hall–Kier alpha value is -2.04. The number of carboxylic acid groups (broad SMARTS) is 1. The van der Waals surface area contributed by atoms with Gasteiger partial charge in [-0.25, -0.2) is 0 Å². The maximum atomic E-state index is 10.8. The largest absolute Gasteiger partial charge is 0.491 e. The van der Waals surface area contributed by atoms with Gasteiger partial charge in [0.2, 0.25) is 0 Å². The lowest BCUT2D eigenvalue weighted by Gasteiger charge is -2.11. The SMILES string of the molecule is O=C(O)Cc1ccc(Cl)cc1OCCOCc1ccccc1. The van der Waals surface area contributed by atoms with Gasteiger partial charge < -0.3 is 14.6 Å². The molecule has 0 saturated carbocycles. The fourth-order valence-electron chi connectivity index (χ4n) is 1.95. The van der Waals surface area contributed by atoms with Crippen LogP contribution in [0.4, 0.5) is 0 Å². The molecule has 0 aliphatic heterocycles. The molecule has 2 rings (SSSR count). The van der Waals surface area contributed by atoms with Crippen LogP contribution in [0.5, 0.6) is 5.75 Å². The van der Waals surface area contributed by atoms with Crippen molar-refractivity contribution in [2.75, 3.05) is 13.2 Å². The molecule has 0 aliphatic rings. The summed E-state index contributed by atoms with van der Waals surface area (Å²) in [5.74, 6) is -0.425. The van der Waals surface area contributed by atoms with Gasteiger partial charge in [-0.2, -0.15) is 0 Å². The molecule has 2 aromatic carbocycles. The van der Waals surface area contributed by atoms with Crippen LogP contribution in [0.3, 0.4) is 0 Å². The van der Waals surface area contributed by atoms with Gasteiger partial charge in [0.05, 0.1) is 19.6 Å². The van der Waals surface area contributed by atoms with Crippen molar-refractivity contribution in [1.82, 2.24) is 0 Å². The number of hydrogen-bond donors (Lipinski definition) is 1. The van der Waals surface area contributed by atoms with E-state index in [0.717, 1.165) is 5.56 Å². The van der Waals surface area contributed by atoms with Crippen LogP contribution < -0.4 is 4.74 Å². The van der Waals surface area contributed by atoms with Gasteiger partial charge in [-0.05, 0) is 17.7 Å². The zero-order chi connectivity index (χ0) is 15.8. The second-order valence-electron chi connectivity index (χ2n) is 4.71. The lowest BCUT2D eigenvalue weighted by molar-refractivity contribution is -0.136. The predicted octanol–water partition coefficient (Wildman–Crippen LogP) is 3.56. The highest BCUT2D eigenvalue weighted by atomic mass is 35.5. The van der Waals surface area contributed by atoms with E-state index >= 15 is 0 Å². The standard InChI is InChI=1S/C17H17ClO4/c18-15-7-6-14(10-17(19)20)16(11-15)22-9-8-21-12-13-4-2-1-3-5-13/h1-7,11H,8-10,12H2,(H,19,20). The highest BCUT2D eigenvalue weighted by Crippen LogP contribution is 2.24. The Morgan fingerprint density at radius 2 is 1.86 bits per heavy atom. The van der Waals surface area contributed by atoms with E-state index in [2.05, 4.69) is 0 Å². The third-order valence-corrected chi connectivity index (χ3v) is 3.20. The van der Waals surface area contributed by atoms with Gasteiger partial charge >= 0.3 is 5.97 Å². The third kappa shape index (κ3) is 5.39. The minimum Gasteiger partial charge on any atom is -0.491 e. The lowest BCUT2D eigenvalue weighted by atomic mass is 10.1. The van der Waals surface area contributed by atoms with Crippen LogP contribution in [0, 0.1) is 0 Å². The molecule has 0 atom stereocenters. The zero-order valence-electron chi connectivity index (χ0n) is 12.0. The highest BCUT2D eigenvalue weighted by Gasteiger charge is 2.08. The van der Waals surface area contributed by atoms with Gasteiger partial charge in [-0.15, -0.1) is 0 Å². The summed E-state index contributed by atoms with van der Waals surface area (Å²) in [6.45, 7) is 1.26. The van der Waals surface area contributed by atoms with Crippen molar-refractivity contribution in [1.29, 1.82) is 0 Å².